The standard InChI is InChI=1S/C12H12ClN5O2S/c1-7-8(13)3-2-4-9(7)16-10(19)6-21-12-17-15-5-11(20)18(12)14/h2-5H,6,14H2,1H3,(H,16,19). The third-order valence-corrected chi connectivity index (χ3v) is 3.98. The van der Waals surface area contributed by atoms with E-state index in [1.807, 2.05) is 6.92 Å². The van der Waals surface area contributed by atoms with E-state index in [9.17, 15) is 9.59 Å². The number of hydrogen-bond donors (Lipinski definition) is 2. The maximum Gasteiger partial charge on any atom is 0.291 e. The topological polar surface area (TPSA) is 103 Å². The number of carbonyl (C=O) groups excluding carboxylic acids is 1. The predicted octanol–water partition coefficient (Wildman–Crippen LogP) is 1.04. The maximum atomic E-state index is 11.9. The summed E-state index contributed by atoms with van der Waals surface area (Å²) < 4.78 is 0.843. The van der Waals surface area contributed by atoms with E-state index >= 15 is 0 Å². The van der Waals surface area contributed by atoms with Crippen molar-refractivity contribution in [2.24, 2.45) is 0 Å². The van der Waals surface area contributed by atoms with Crippen molar-refractivity contribution in [2.45, 2.75) is 12.1 Å². The molecule has 0 aliphatic carbocycles. The SMILES string of the molecule is Cc1c(Cl)cccc1NC(=O)CSc1nncc(=O)n1N. The summed E-state index contributed by atoms with van der Waals surface area (Å²) in [5.74, 6) is 5.28. The lowest BCUT2D eigenvalue weighted by Crippen LogP contribution is -2.30. The van der Waals surface area contributed by atoms with Gasteiger partial charge in [0, 0.05) is 10.7 Å². The summed E-state index contributed by atoms with van der Waals surface area (Å²) in [6.07, 6.45) is 0.999. The minimum Gasteiger partial charge on any atom is -0.334 e. The van der Waals surface area contributed by atoms with E-state index in [-0.39, 0.29) is 16.8 Å². The smallest absolute Gasteiger partial charge is 0.291 e. The van der Waals surface area contributed by atoms with Crippen LogP contribution in [-0.2, 0) is 4.79 Å². The highest BCUT2D eigenvalue weighted by molar-refractivity contribution is 7.99. The molecule has 0 atom stereocenters. The first-order valence-electron chi connectivity index (χ1n) is 5.86. The van der Waals surface area contributed by atoms with E-state index in [1.54, 1.807) is 18.2 Å². The molecule has 1 aromatic heterocycles. The van der Waals surface area contributed by atoms with E-state index in [0.29, 0.717) is 10.7 Å². The maximum absolute atomic E-state index is 11.9. The van der Waals surface area contributed by atoms with E-state index in [0.717, 1.165) is 28.2 Å². The van der Waals surface area contributed by atoms with Crippen LogP contribution in [0.3, 0.4) is 0 Å². The fourth-order valence-corrected chi connectivity index (χ4v) is 2.33. The van der Waals surface area contributed by atoms with Crippen molar-refractivity contribution >= 4 is 35.0 Å². The number of rotatable bonds is 4. The van der Waals surface area contributed by atoms with E-state index in [2.05, 4.69) is 15.5 Å². The van der Waals surface area contributed by atoms with Crippen molar-refractivity contribution in [2.75, 3.05) is 16.9 Å². The number of nitrogens with one attached hydrogen (secondary N) is 1. The highest BCUT2D eigenvalue weighted by atomic mass is 35.5. The lowest BCUT2D eigenvalue weighted by Gasteiger charge is -2.09. The lowest BCUT2D eigenvalue weighted by atomic mass is 10.2. The largest absolute Gasteiger partial charge is 0.334 e. The molecule has 21 heavy (non-hydrogen) atoms. The molecule has 0 aliphatic heterocycles. The lowest BCUT2D eigenvalue weighted by molar-refractivity contribution is -0.113. The molecule has 0 spiro atoms. The van der Waals surface area contributed by atoms with E-state index < -0.39 is 5.56 Å². The molecule has 0 fully saturated rings. The van der Waals surface area contributed by atoms with Gasteiger partial charge in [0.05, 0.1) is 5.75 Å². The van der Waals surface area contributed by atoms with Gasteiger partial charge in [-0.2, -0.15) is 9.77 Å². The van der Waals surface area contributed by atoms with Gasteiger partial charge in [0.2, 0.25) is 11.1 Å². The van der Waals surface area contributed by atoms with Crippen LogP contribution in [0.25, 0.3) is 0 Å². The van der Waals surface area contributed by atoms with Crippen molar-refractivity contribution in [1.29, 1.82) is 0 Å². The molecule has 0 saturated heterocycles. The van der Waals surface area contributed by atoms with Crippen LogP contribution in [0.5, 0.6) is 0 Å². The third kappa shape index (κ3) is 3.73. The first kappa shape index (κ1) is 15.3. The number of thioether (sulfide) groups is 1. The zero-order valence-corrected chi connectivity index (χ0v) is 12.6. The molecule has 0 bridgehead atoms. The zero-order chi connectivity index (χ0) is 15.4. The Morgan fingerprint density at radius 2 is 2.29 bits per heavy atom. The molecule has 0 unspecified atom stereocenters. The molecular weight excluding hydrogens is 314 g/mol. The van der Waals surface area contributed by atoms with Crippen LogP contribution < -0.4 is 16.7 Å². The highest BCUT2D eigenvalue weighted by Crippen LogP contribution is 2.23. The summed E-state index contributed by atoms with van der Waals surface area (Å²) in [5.41, 5.74) is 0.934. The van der Waals surface area contributed by atoms with Gasteiger partial charge in [0.1, 0.15) is 6.20 Å². The van der Waals surface area contributed by atoms with Gasteiger partial charge in [0.25, 0.3) is 5.56 Å². The third-order valence-electron chi connectivity index (χ3n) is 2.63. The normalized spacial score (nSPS) is 10.4. The van der Waals surface area contributed by atoms with Gasteiger partial charge in [-0.05, 0) is 24.6 Å². The Labute approximate surface area is 129 Å². The van der Waals surface area contributed by atoms with Crippen LogP contribution >= 0.6 is 23.4 Å². The second-order valence-electron chi connectivity index (χ2n) is 4.08. The van der Waals surface area contributed by atoms with Crippen LogP contribution in [0, 0.1) is 6.92 Å². The molecule has 7 nitrogen and oxygen atoms in total. The second kappa shape index (κ2) is 6.59. The Balaban J connectivity index is 2.01. The fourth-order valence-electron chi connectivity index (χ4n) is 1.49. The van der Waals surface area contributed by atoms with Crippen LogP contribution in [-0.4, -0.2) is 26.5 Å². The quantitative estimate of drug-likeness (QED) is 0.643. The van der Waals surface area contributed by atoms with Crippen molar-refractivity contribution in [1.82, 2.24) is 14.9 Å². The van der Waals surface area contributed by atoms with Crippen LogP contribution in [0.1, 0.15) is 5.56 Å². The molecule has 2 aromatic rings. The molecule has 0 aliphatic rings. The molecule has 1 heterocycles. The Morgan fingerprint density at radius 3 is 3.05 bits per heavy atom. The van der Waals surface area contributed by atoms with Gasteiger partial charge < -0.3 is 11.2 Å². The van der Waals surface area contributed by atoms with Gasteiger partial charge >= 0.3 is 0 Å². The summed E-state index contributed by atoms with van der Waals surface area (Å²) >= 11 is 7.00. The molecule has 1 amide bonds. The first-order chi connectivity index (χ1) is 9.99. The summed E-state index contributed by atoms with van der Waals surface area (Å²) in [6, 6.07) is 5.25. The monoisotopic (exact) mass is 325 g/mol. The molecule has 1 aromatic carbocycles. The van der Waals surface area contributed by atoms with Crippen molar-refractivity contribution in [3.63, 3.8) is 0 Å². The van der Waals surface area contributed by atoms with Crippen LogP contribution in [0.15, 0.2) is 34.3 Å². The second-order valence-corrected chi connectivity index (χ2v) is 5.43. The summed E-state index contributed by atoms with van der Waals surface area (Å²) in [6.45, 7) is 1.81. The molecule has 3 N–H and O–H groups in total. The predicted molar refractivity (Wildman–Crippen MR) is 82.0 cm³/mol. The number of nitrogens with two attached hydrogens (primary N) is 1. The van der Waals surface area contributed by atoms with Crippen molar-refractivity contribution in [3.8, 4) is 0 Å². The minimum absolute atomic E-state index is 0.0429. The van der Waals surface area contributed by atoms with Gasteiger partial charge in [-0.3, -0.25) is 9.59 Å². The number of halogens is 1. The van der Waals surface area contributed by atoms with Crippen molar-refractivity contribution in [3.05, 3.63) is 45.3 Å². The Hall–Kier alpha value is -2.06. The first-order valence-corrected chi connectivity index (χ1v) is 7.23. The fraction of sp³-hybridized carbons (Fsp3) is 0.167. The van der Waals surface area contributed by atoms with Gasteiger partial charge in [-0.1, -0.05) is 29.4 Å². The Bertz CT molecular complexity index is 734. The number of amides is 1. The highest BCUT2D eigenvalue weighted by Gasteiger charge is 2.10. The zero-order valence-electron chi connectivity index (χ0n) is 11.0. The molecule has 0 radical (unpaired) electrons. The molecule has 0 saturated carbocycles. The van der Waals surface area contributed by atoms with Crippen molar-refractivity contribution < 1.29 is 4.79 Å². The number of benzene rings is 1. The summed E-state index contributed by atoms with van der Waals surface area (Å²) in [7, 11) is 0. The number of carbonyl (C=O) groups is 1. The Morgan fingerprint density at radius 1 is 1.52 bits per heavy atom. The summed E-state index contributed by atoms with van der Waals surface area (Å²) in [5, 5.41) is 10.7. The average molecular weight is 326 g/mol. The Kier molecular flexibility index (Phi) is 4.81. The molecule has 2 rings (SSSR count). The van der Waals surface area contributed by atoms with Gasteiger partial charge in [-0.15, -0.1) is 5.10 Å². The van der Waals surface area contributed by atoms with Gasteiger partial charge in [0.15, 0.2) is 0 Å². The number of hydrogen-bond acceptors (Lipinski definition) is 6. The van der Waals surface area contributed by atoms with Crippen LogP contribution in [0.2, 0.25) is 5.02 Å². The number of aromatic nitrogens is 3. The number of nitrogen functional groups attached to an aromatic ring is 1. The van der Waals surface area contributed by atoms with Gasteiger partial charge in [-0.25, -0.2) is 0 Å². The van der Waals surface area contributed by atoms with E-state index in [4.69, 9.17) is 17.4 Å². The van der Waals surface area contributed by atoms with Crippen LogP contribution in [0.4, 0.5) is 5.69 Å². The summed E-state index contributed by atoms with van der Waals surface area (Å²) in [4.78, 5) is 23.2. The molecule has 110 valence electrons. The van der Waals surface area contributed by atoms with E-state index in [1.165, 1.54) is 0 Å². The average Bonchev–Trinajstić information content (AvgIpc) is 2.45. The number of anilines is 1. The molecule has 9 heteroatoms. The number of nitrogens with zero attached hydrogens (tertiary/aromatic N) is 3. The molecular formula is C12H12ClN5O2S. The minimum atomic E-state index is -0.487.